The van der Waals surface area contributed by atoms with E-state index in [9.17, 15) is 14.7 Å². The van der Waals surface area contributed by atoms with Crippen molar-refractivity contribution in [2.24, 2.45) is 11.7 Å². The molecule has 5 heteroatoms. The molecule has 0 aliphatic carbocycles. The largest absolute Gasteiger partial charge is 0.480 e. The Morgan fingerprint density at radius 1 is 1.00 bits per heavy atom. The van der Waals surface area contributed by atoms with Gasteiger partial charge in [-0.1, -0.05) is 72.8 Å². The summed E-state index contributed by atoms with van der Waals surface area (Å²) in [6, 6.07) is 18.7. The molecule has 0 aromatic heterocycles. The van der Waals surface area contributed by atoms with Gasteiger partial charge in [-0.3, -0.25) is 4.79 Å². The Labute approximate surface area is 172 Å². The number of carbonyl (C=O) groups is 2. The van der Waals surface area contributed by atoms with Crippen LogP contribution in [0, 0.1) is 5.92 Å². The molecule has 2 unspecified atom stereocenters. The molecule has 0 aliphatic rings. The minimum Gasteiger partial charge on any atom is -0.480 e. The lowest BCUT2D eigenvalue weighted by Gasteiger charge is -2.24. The molecule has 5 nitrogen and oxygen atoms in total. The van der Waals surface area contributed by atoms with E-state index in [0.717, 1.165) is 11.1 Å². The van der Waals surface area contributed by atoms with Crippen LogP contribution in [-0.2, 0) is 27.2 Å². The van der Waals surface area contributed by atoms with Crippen molar-refractivity contribution in [2.45, 2.75) is 44.8 Å². The third-order valence-corrected chi connectivity index (χ3v) is 4.37. The number of carboxylic acid groups (broad SMARTS) is 1. The maximum Gasteiger partial charge on any atom is 0.328 e. The third kappa shape index (κ3) is 7.20. The van der Waals surface area contributed by atoms with E-state index in [-0.39, 0.29) is 6.42 Å². The van der Waals surface area contributed by atoms with E-state index in [1.165, 1.54) is 6.08 Å². The molecular weight excluding hydrogens is 366 g/mol. The molecule has 0 amide bonds. The van der Waals surface area contributed by atoms with Gasteiger partial charge in [-0.15, -0.1) is 0 Å². The van der Waals surface area contributed by atoms with Crippen LogP contribution in [0.4, 0.5) is 0 Å². The van der Waals surface area contributed by atoms with Crippen LogP contribution < -0.4 is 5.73 Å². The Bertz CT molecular complexity index is 840. The second-order valence-corrected chi connectivity index (χ2v) is 8.20. The lowest BCUT2D eigenvalue weighted by molar-refractivity contribution is -0.158. The summed E-state index contributed by atoms with van der Waals surface area (Å²) in [4.78, 5) is 24.6. The number of benzene rings is 2. The minimum atomic E-state index is -1.63. The standard InChI is InChI=1S/C24H29NO4/c1-23(2,3)29-21(26)20(16-18-10-6-4-7-11-18)14-15-24(25,22(27)28)17-19-12-8-5-9-13-19/h4-15,20H,16-17,25H2,1-3H3,(H,27,28). The lowest BCUT2D eigenvalue weighted by atomic mass is 9.89. The van der Waals surface area contributed by atoms with Gasteiger partial charge in [0.2, 0.25) is 0 Å². The SMILES string of the molecule is CC(C)(C)OC(=O)C(C=CC(N)(Cc1ccccc1)C(=O)O)Cc1ccccc1. The second-order valence-electron chi connectivity index (χ2n) is 8.20. The molecule has 0 spiro atoms. The highest BCUT2D eigenvalue weighted by Crippen LogP contribution is 2.20. The number of aliphatic carboxylic acids is 1. The Balaban J connectivity index is 2.29. The van der Waals surface area contributed by atoms with Crippen molar-refractivity contribution < 1.29 is 19.4 Å². The molecule has 0 saturated carbocycles. The summed E-state index contributed by atoms with van der Waals surface area (Å²) in [6.07, 6.45) is 3.50. The van der Waals surface area contributed by atoms with Crippen molar-refractivity contribution in [1.29, 1.82) is 0 Å². The Morgan fingerprint density at radius 3 is 2.00 bits per heavy atom. The van der Waals surface area contributed by atoms with Crippen molar-refractivity contribution in [3.05, 3.63) is 83.9 Å². The van der Waals surface area contributed by atoms with Gasteiger partial charge in [0.25, 0.3) is 0 Å². The predicted octanol–water partition coefficient (Wildman–Crippen LogP) is 3.77. The molecule has 2 rings (SSSR count). The Kier molecular flexibility index (Phi) is 7.35. The number of ether oxygens (including phenoxy) is 1. The first kappa shape index (κ1) is 22.4. The van der Waals surface area contributed by atoms with Gasteiger partial charge >= 0.3 is 11.9 Å². The van der Waals surface area contributed by atoms with E-state index in [4.69, 9.17) is 10.5 Å². The minimum absolute atomic E-state index is 0.117. The van der Waals surface area contributed by atoms with Crippen LogP contribution in [0.15, 0.2) is 72.8 Å². The van der Waals surface area contributed by atoms with E-state index in [0.29, 0.717) is 6.42 Å². The molecule has 3 N–H and O–H groups in total. The molecule has 2 atom stereocenters. The lowest BCUT2D eigenvalue weighted by Crippen LogP contribution is -2.48. The fourth-order valence-corrected chi connectivity index (χ4v) is 2.90. The number of esters is 1. The predicted molar refractivity (Wildman–Crippen MR) is 113 cm³/mol. The van der Waals surface area contributed by atoms with Crippen LogP contribution in [0.2, 0.25) is 0 Å². The van der Waals surface area contributed by atoms with Gasteiger partial charge in [0.1, 0.15) is 11.1 Å². The Morgan fingerprint density at radius 2 is 1.52 bits per heavy atom. The highest BCUT2D eigenvalue weighted by atomic mass is 16.6. The van der Waals surface area contributed by atoms with E-state index < -0.39 is 29.0 Å². The first-order chi connectivity index (χ1) is 13.6. The maximum atomic E-state index is 12.7. The molecule has 0 heterocycles. The van der Waals surface area contributed by atoms with Gasteiger partial charge < -0.3 is 15.6 Å². The van der Waals surface area contributed by atoms with Gasteiger partial charge in [-0.05, 0) is 38.3 Å². The van der Waals surface area contributed by atoms with Gasteiger partial charge in [0, 0.05) is 6.42 Å². The number of hydrogen-bond donors (Lipinski definition) is 2. The second kappa shape index (κ2) is 9.52. The zero-order valence-electron chi connectivity index (χ0n) is 17.2. The molecule has 2 aromatic rings. The van der Waals surface area contributed by atoms with Crippen LogP contribution in [-0.4, -0.2) is 28.2 Å². The van der Waals surface area contributed by atoms with E-state index in [2.05, 4.69) is 0 Å². The quantitative estimate of drug-likeness (QED) is 0.525. The Hall–Kier alpha value is -2.92. The topological polar surface area (TPSA) is 89.6 Å². The summed E-state index contributed by atoms with van der Waals surface area (Å²) in [5.41, 5.74) is 5.69. The number of carboxylic acids is 1. The summed E-state index contributed by atoms with van der Waals surface area (Å²) in [5, 5.41) is 9.73. The smallest absolute Gasteiger partial charge is 0.328 e. The number of nitrogens with two attached hydrogens (primary N) is 1. The normalized spacial score (nSPS) is 14.9. The average molecular weight is 395 g/mol. The van der Waals surface area contributed by atoms with Gasteiger partial charge in [0.15, 0.2) is 0 Å². The highest BCUT2D eigenvalue weighted by molar-refractivity contribution is 5.82. The molecular formula is C24H29NO4. The van der Waals surface area contributed by atoms with Crippen molar-refractivity contribution in [3.63, 3.8) is 0 Å². The summed E-state index contributed by atoms with van der Waals surface area (Å²) in [5.74, 6) is -2.21. The maximum absolute atomic E-state index is 12.7. The molecule has 0 saturated heterocycles. The summed E-state index contributed by atoms with van der Waals surface area (Å²) >= 11 is 0. The first-order valence-corrected chi connectivity index (χ1v) is 9.61. The highest BCUT2D eigenvalue weighted by Gasteiger charge is 2.32. The van der Waals surface area contributed by atoms with E-state index in [1.54, 1.807) is 26.8 Å². The van der Waals surface area contributed by atoms with Crippen molar-refractivity contribution in [3.8, 4) is 0 Å². The number of hydrogen-bond acceptors (Lipinski definition) is 4. The zero-order valence-corrected chi connectivity index (χ0v) is 17.2. The van der Waals surface area contributed by atoms with Crippen molar-refractivity contribution in [1.82, 2.24) is 0 Å². The van der Waals surface area contributed by atoms with Gasteiger partial charge in [0.05, 0.1) is 5.92 Å². The van der Waals surface area contributed by atoms with Crippen LogP contribution in [0.25, 0.3) is 0 Å². The zero-order chi connectivity index (χ0) is 21.5. The fourth-order valence-electron chi connectivity index (χ4n) is 2.90. The number of rotatable bonds is 8. The fraction of sp³-hybridized carbons (Fsp3) is 0.333. The summed E-state index contributed by atoms with van der Waals surface area (Å²) in [7, 11) is 0. The van der Waals surface area contributed by atoms with Gasteiger partial charge in [-0.2, -0.15) is 0 Å². The summed E-state index contributed by atoms with van der Waals surface area (Å²) in [6.45, 7) is 5.40. The van der Waals surface area contributed by atoms with Crippen LogP contribution in [0.3, 0.4) is 0 Å². The summed E-state index contributed by atoms with van der Waals surface area (Å²) < 4.78 is 5.54. The first-order valence-electron chi connectivity index (χ1n) is 9.61. The molecule has 0 aliphatic heterocycles. The monoisotopic (exact) mass is 395 g/mol. The molecule has 0 fully saturated rings. The van der Waals surface area contributed by atoms with Crippen LogP contribution in [0.1, 0.15) is 31.9 Å². The molecule has 0 bridgehead atoms. The third-order valence-electron chi connectivity index (χ3n) is 4.37. The molecule has 2 aromatic carbocycles. The van der Waals surface area contributed by atoms with Crippen LogP contribution in [0.5, 0.6) is 0 Å². The van der Waals surface area contributed by atoms with Crippen molar-refractivity contribution >= 4 is 11.9 Å². The van der Waals surface area contributed by atoms with Crippen molar-refractivity contribution in [2.75, 3.05) is 0 Å². The van der Waals surface area contributed by atoms with E-state index in [1.807, 2.05) is 60.7 Å². The average Bonchev–Trinajstić information content (AvgIpc) is 2.65. The molecule has 29 heavy (non-hydrogen) atoms. The molecule has 0 radical (unpaired) electrons. The van der Waals surface area contributed by atoms with E-state index >= 15 is 0 Å². The molecule has 154 valence electrons. The van der Waals surface area contributed by atoms with Crippen LogP contribution >= 0.6 is 0 Å². The van der Waals surface area contributed by atoms with Gasteiger partial charge in [-0.25, -0.2) is 4.79 Å². The number of carbonyl (C=O) groups excluding carboxylic acids is 1.